The standard InChI is InChI=1S/C17H18N2O/c1-11-6-4-7-12-8-5-9-13(15(11)12)10-14-16(20)18-19-17(14,2)3/h4-10,19H,1-3H3,(H,18,20)/b14-10+. The Labute approximate surface area is 118 Å². The van der Waals surface area contributed by atoms with Crippen molar-refractivity contribution in [2.75, 3.05) is 0 Å². The Morgan fingerprint density at radius 1 is 1.10 bits per heavy atom. The molecule has 20 heavy (non-hydrogen) atoms. The summed E-state index contributed by atoms with van der Waals surface area (Å²) in [6, 6.07) is 12.4. The van der Waals surface area contributed by atoms with Crippen molar-refractivity contribution >= 4 is 22.8 Å². The predicted molar refractivity (Wildman–Crippen MR) is 82.0 cm³/mol. The summed E-state index contributed by atoms with van der Waals surface area (Å²) in [5, 5.41) is 2.40. The number of hydrogen-bond acceptors (Lipinski definition) is 2. The van der Waals surface area contributed by atoms with E-state index in [2.05, 4.69) is 48.1 Å². The minimum Gasteiger partial charge on any atom is -0.287 e. The van der Waals surface area contributed by atoms with Crippen molar-refractivity contribution in [3.8, 4) is 0 Å². The van der Waals surface area contributed by atoms with Gasteiger partial charge in [0.25, 0.3) is 5.91 Å². The molecule has 1 aliphatic heterocycles. The first-order valence-electron chi connectivity index (χ1n) is 6.77. The van der Waals surface area contributed by atoms with Gasteiger partial charge in [0, 0.05) is 5.57 Å². The van der Waals surface area contributed by atoms with Crippen LogP contribution in [0.5, 0.6) is 0 Å². The third kappa shape index (κ3) is 2.00. The van der Waals surface area contributed by atoms with Crippen molar-refractivity contribution in [3.05, 3.63) is 53.1 Å². The van der Waals surface area contributed by atoms with Crippen LogP contribution >= 0.6 is 0 Å². The Balaban J connectivity index is 2.23. The van der Waals surface area contributed by atoms with E-state index in [0.717, 1.165) is 11.1 Å². The van der Waals surface area contributed by atoms with Gasteiger partial charge >= 0.3 is 0 Å². The summed E-state index contributed by atoms with van der Waals surface area (Å²) < 4.78 is 0. The maximum absolute atomic E-state index is 12.0. The van der Waals surface area contributed by atoms with Crippen LogP contribution in [0.25, 0.3) is 16.8 Å². The summed E-state index contributed by atoms with van der Waals surface area (Å²) in [7, 11) is 0. The normalized spacial score (nSPS) is 19.6. The first-order valence-corrected chi connectivity index (χ1v) is 6.77. The Hall–Kier alpha value is -2.13. The molecule has 2 N–H and O–H groups in total. The van der Waals surface area contributed by atoms with E-state index in [1.54, 1.807) is 0 Å². The van der Waals surface area contributed by atoms with Crippen LogP contribution < -0.4 is 10.9 Å². The molecule has 0 spiro atoms. The van der Waals surface area contributed by atoms with E-state index in [1.807, 2.05) is 26.0 Å². The number of hydrazine groups is 1. The molecule has 0 aromatic heterocycles. The highest BCUT2D eigenvalue weighted by atomic mass is 16.2. The summed E-state index contributed by atoms with van der Waals surface area (Å²) in [6.07, 6.45) is 1.99. The van der Waals surface area contributed by atoms with Crippen molar-refractivity contribution in [2.45, 2.75) is 26.3 Å². The molecule has 2 aromatic rings. The van der Waals surface area contributed by atoms with E-state index in [4.69, 9.17) is 0 Å². The Kier molecular flexibility index (Phi) is 2.87. The highest BCUT2D eigenvalue weighted by Gasteiger charge is 2.34. The van der Waals surface area contributed by atoms with Gasteiger partial charge in [0.2, 0.25) is 0 Å². The minimum absolute atomic E-state index is 0.0550. The fraction of sp³-hybridized carbons (Fsp3) is 0.235. The lowest BCUT2D eigenvalue weighted by Gasteiger charge is -2.17. The average molecular weight is 266 g/mol. The molecule has 0 bridgehead atoms. The number of hydrogen-bond donors (Lipinski definition) is 2. The molecule has 1 heterocycles. The second kappa shape index (κ2) is 4.46. The first-order chi connectivity index (χ1) is 9.49. The summed E-state index contributed by atoms with van der Waals surface area (Å²) in [6.45, 7) is 6.09. The summed E-state index contributed by atoms with van der Waals surface area (Å²) in [5.74, 6) is -0.0550. The third-order valence-corrected chi connectivity index (χ3v) is 3.85. The quantitative estimate of drug-likeness (QED) is 0.779. The van der Waals surface area contributed by atoms with Gasteiger partial charge in [0.15, 0.2) is 0 Å². The van der Waals surface area contributed by atoms with Gasteiger partial charge in [0.1, 0.15) is 0 Å². The van der Waals surface area contributed by atoms with Gasteiger partial charge in [-0.1, -0.05) is 36.4 Å². The fourth-order valence-electron chi connectivity index (χ4n) is 2.72. The molecule has 0 radical (unpaired) electrons. The Bertz CT molecular complexity index is 724. The lowest BCUT2D eigenvalue weighted by Crippen LogP contribution is -2.38. The molecule has 0 saturated carbocycles. The smallest absolute Gasteiger partial charge is 0.263 e. The number of benzene rings is 2. The lowest BCUT2D eigenvalue weighted by molar-refractivity contribution is -0.116. The lowest BCUT2D eigenvalue weighted by atomic mass is 9.91. The SMILES string of the molecule is Cc1cccc2cccc(/C=C3\C(=O)NNC3(C)C)c12. The molecule has 1 aliphatic rings. The second-order valence-electron chi connectivity index (χ2n) is 5.78. The number of fused-ring (bicyclic) bond motifs is 1. The van der Waals surface area contributed by atoms with E-state index in [9.17, 15) is 4.79 Å². The van der Waals surface area contributed by atoms with Crippen LogP contribution in [-0.4, -0.2) is 11.4 Å². The minimum atomic E-state index is -0.359. The van der Waals surface area contributed by atoms with E-state index in [-0.39, 0.29) is 11.4 Å². The van der Waals surface area contributed by atoms with Gasteiger partial charge < -0.3 is 0 Å². The first kappa shape index (κ1) is 12.9. The summed E-state index contributed by atoms with van der Waals surface area (Å²) in [4.78, 5) is 12.0. The van der Waals surface area contributed by atoms with Gasteiger partial charge in [-0.3, -0.25) is 10.2 Å². The van der Waals surface area contributed by atoms with E-state index < -0.39 is 0 Å². The van der Waals surface area contributed by atoms with E-state index in [0.29, 0.717) is 0 Å². The molecule has 0 atom stereocenters. The molecular formula is C17H18N2O. The van der Waals surface area contributed by atoms with E-state index in [1.165, 1.54) is 16.3 Å². The van der Waals surface area contributed by atoms with Crippen LogP contribution in [0.2, 0.25) is 0 Å². The van der Waals surface area contributed by atoms with Crippen molar-refractivity contribution in [2.24, 2.45) is 0 Å². The second-order valence-corrected chi connectivity index (χ2v) is 5.78. The average Bonchev–Trinajstić information content (AvgIpc) is 2.66. The molecule has 3 nitrogen and oxygen atoms in total. The van der Waals surface area contributed by atoms with Crippen LogP contribution in [0.1, 0.15) is 25.0 Å². The van der Waals surface area contributed by atoms with E-state index >= 15 is 0 Å². The number of rotatable bonds is 1. The monoisotopic (exact) mass is 266 g/mol. The van der Waals surface area contributed by atoms with Gasteiger partial charge in [-0.25, -0.2) is 5.43 Å². The molecule has 0 aliphatic carbocycles. The predicted octanol–water partition coefficient (Wildman–Crippen LogP) is 2.94. The summed E-state index contributed by atoms with van der Waals surface area (Å²) in [5.41, 5.74) is 8.40. The van der Waals surface area contributed by atoms with Gasteiger partial charge in [-0.05, 0) is 48.7 Å². The van der Waals surface area contributed by atoms with Gasteiger partial charge in [-0.15, -0.1) is 0 Å². The zero-order valence-electron chi connectivity index (χ0n) is 11.9. The van der Waals surface area contributed by atoms with Crippen LogP contribution in [0.4, 0.5) is 0 Å². The third-order valence-electron chi connectivity index (χ3n) is 3.85. The van der Waals surface area contributed by atoms with Crippen LogP contribution in [0.3, 0.4) is 0 Å². The fourth-order valence-corrected chi connectivity index (χ4v) is 2.72. The van der Waals surface area contributed by atoms with Crippen molar-refractivity contribution in [3.63, 3.8) is 0 Å². The number of amides is 1. The molecular weight excluding hydrogens is 248 g/mol. The number of nitrogens with one attached hydrogen (secondary N) is 2. The molecule has 3 rings (SSSR count). The van der Waals surface area contributed by atoms with Crippen molar-refractivity contribution in [1.29, 1.82) is 0 Å². The highest BCUT2D eigenvalue weighted by molar-refractivity contribution is 6.04. The molecule has 102 valence electrons. The van der Waals surface area contributed by atoms with Crippen LogP contribution in [0.15, 0.2) is 42.0 Å². The molecule has 1 saturated heterocycles. The molecule has 1 fully saturated rings. The topological polar surface area (TPSA) is 41.1 Å². The molecule has 2 aromatic carbocycles. The largest absolute Gasteiger partial charge is 0.287 e. The number of carbonyl (C=O) groups excluding carboxylic acids is 1. The number of aryl methyl sites for hydroxylation is 1. The Morgan fingerprint density at radius 3 is 2.45 bits per heavy atom. The van der Waals surface area contributed by atoms with Crippen LogP contribution in [-0.2, 0) is 4.79 Å². The molecule has 0 unspecified atom stereocenters. The van der Waals surface area contributed by atoms with Gasteiger partial charge in [-0.2, -0.15) is 0 Å². The van der Waals surface area contributed by atoms with Crippen molar-refractivity contribution in [1.82, 2.24) is 10.9 Å². The molecule has 3 heteroatoms. The maximum Gasteiger partial charge on any atom is 0.263 e. The number of carbonyl (C=O) groups is 1. The highest BCUT2D eigenvalue weighted by Crippen LogP contribution is 2.28. The maximum atomic E-state index is 12.0. The summed E-state index contributed by atoms with van der Waals surface area (Å²) >= 11 is 0. The van der Waals surface area contributed by atoms with Crippen molar-refractivity contribution < 1.29 is 4.79 Å². The van der Waals surface area contributed by atoms with Gasteiger partial charge in [0.05, 0.1) is 5.54 Å². The van der Waals surface area contributed by atoms with Crippen LogP contribution in [0, 0.1) is 6.92 Å². The molecule has 1 amide bonds. The Morgan fingerprint density at radius 2 is 1.80 bits per heavy atom. The zero-order chi connectivity index (χ0) is 14.3. The zero-order valence-corrected chi connectivity index (χ0v) is 11.9.